The first-order chi connectivity index (χ1) is 9.13. The van der Waals surface area contributed by atoms with Gasteiger partial charge in [-0.1, -0.05) is 15.9 Å². The van der Waals surface area contributed by atoms with Gasteiger partial charge in [-0.05, 0) is 43.5 Å². The summed E-state index contributed by atoms with van der Waals surface area (Å²) < 4.78 is 1.05. The monoisotopic (exact) mass is 345 g/mol. The minimum atomic E-state index is 0.150. The molecule has 1 amide bonds. The van der Waals surface area contributed by atoms with E-state index in [0.717, 1.165) is 35.2 Å². The molecule has 0 aromatic heterocycles. The van der Waals surface area contributed by atoms with E-state index in [4.69, 9.17) is 5.11 Å². The van der Waals surface area contributed by atoms with Crippen molar-refractivity contribution >= 4 is 33.6 Å². The van der Waals surface area contributed by atoms with Gasteiger partial charge in [-0.3, -0.25) is 4.79 Å². The van der Waals surface area contributed by atoms with E-state index >= 15 is 0 Å². The smallest absolute Gasteiger partial charge is 0.232 e. The van der Waals surface area contributed by atoms with Crippen molar-refractivity contribution < 1.29 is 9.90 Å². The largest absolute Gasteiger partial charge is 0.396 e. The molecule has 0 aliphatic rings. The number of nitrogens with zero attached hydrogens (tertiary/aromatic N) is 1. The van der Waals surface area contributed by atoms with Gasteiger partial charge in [0.25, 0.3) is 0 Å². The summed E-state index contributed by atoms with van der Waals surface area (Å²) in [6.07, 6.45) is 2.73. The van der Waals surface area contributed by atoms with Crippen LogP contribution in [-0.4, -0.2) is 41.9 Å². The van der Waals surface area contributed by atoms with Crippen LogP contribution < -0.4 is 0 Å². The summed E-state index contributed by atoms with van der Waals surface area (Å²) in [4.78, 5) is 14.8. The summed E-state index contributed by atoms with van der Waals surface area (Å²) in [5.41, 5.74) is 0. The molecule has 1 N–H and O–H groups in total. The molecule has 19 heavy (non-hydrogen) atoms. The first kappa shape index (κ1) is 16.5. The van der Waals surface area contributed by atoms with E-state index in [1.807, 2.05) is 31.3 Å². The Bertz CT molecular complexity index is 384. The number of carbonyl (C=O) groups excluding carboxylic acids is 1. The molecule has 0 fully saturated rings. The van der Waals surface area contributed by atoms with Crippen LogP contribution in [0.4, 0.5) is 0 Å². The highest BCUT2D eigenvalue weighted by atomic mass is 79.9. The van der Waals surface area contributed by atoms with Crippen molar-refractivity contribution in [2.75, 3.05) is 26.0 Å². The number of aliphatic hydroxyl groups is 1. The molecule has 0 aliphatic heterocycles. The predicted octanol–water partition coefficient (Wildman–Crippen LogP) is 3.16. The maximum atomic E-state index is 11.9. The van der Waals surface area contributed by atoms with Gasteiger partial charge in [0, 0.05) is 29.6 Å². The van der Waals surface area contributed by atoms with Crippen molar-refractivity contribution in [2.24, 2.45) is 0 Å². The second-order valence-electron chi connectivity index (χ2n) is 4.34. The van der Waals surface area contributed by atoms with Gasteiger partial charge >= 0.3 is 0 Å². The van der Waals surface area contributed by atoms with Crippen molar-refractivity contribution in [3.05, 3.63) is 28.7 Å². The van der Waals surface area contributed by atoms with Gasteiger partial charge < -0.3 is 10.0 Å². The zero-order valence-corrected chi connectivity index (χ0v) is 13.5. The minimum Gasteiger partial charge on any atom is -0.396 e. The zero-order chi connectivity index (χ0) is 14.1. The molecule has 0 saturated heterocycles. The van der Waals surface area contributed by atoms with E-state index in [0.29, 0.717) is 5.75 Å². The molecule has 1 aromatic carbocycles. The van der Waals surface area contributed by atoms with E-state index in [1.165, 1.54) is 0 Å². The summed E-state index contributed by atoms with van der Waals surface area (Å²) in [6.45, 7) is 0.997. The normalized spacial score (nSPS) is 10.5. The van der Waals surface area contributed by atoms with Crippen LogP contribution >= 0.6 is 27.7 Å². The molecule has 1 rings (SSSR count). The van der Waals surface area contributed by atoms with Crippen LogP contribution in [0.3, 0.4) is 0 Å². The molecule has 0 heterocycles. The van der Waals surface area contributed by atoms with E-state index < -0.39 is 0 Å². The quantitative estimate of drug-likeness (QED) is 0.581. The lowest BCUT2D eigenvalue weighted by atomic mass is 10.2. The van der Waals surface area contributed by atoms with E-state index in [2.05, 4.69) is 15.9 Å². The van der Waals surface area contributed by atoms with Crippen molar-refractivity contribution in [1.29, 1.82) is 0 Å². The number of hydrogen-bond acceptors (Lipinski definition) is 3. The maximum Gasteiger partial charge on any atom is 0.232 e. The number of halogens is 1. The number of hydrogen-bond donors (Lipinski definition) is 1. The summed E-state index contributed by atoms with van der Waals surface area (Å²) >= 11 is 4.94. The highest BCUT2D eigenvalue weighted by Crippen LogP contribution is 2.20. The molecule has 0 atom stereocenters. The first-order valence-electron chi connectivity index (χ1n) is 6.36. The highest BCUT2D eigenvalue weighted by Gasteiger charge is 2.08. The van der Waals surface area contributed by atoms with Crippen molar-refractivity contribution in [3.63, 3.8) is 0 Å². The molecule has 3 nitrogen and oxygen atoms in total. The lowest BCUT2D eigenvalue weighted by Crippen LogP contribution is -2.29. The van der Waals surface area contributed by atoms with Crippen LogP contribution in [0, 0.1) is 0 Å². The number of carbonyl (C=O) groups is 1. The fraction of sp³-hybridized carbons (Fsp3) is 0.500. The summed E-state index contributed by atoms with van der Waals surface area (Å²) in [5.74, 6) is 0.620. The van der Waals surface area contributed by atoms with Gasteiger partial charge in [0.15, 0.2) is 0 Å². The van der Waals surface area contributed by atoms with E-state index in [-0.39, 0.29) is 12.5 Å². The molecule has 0 saturated carbocycles. The lowest BCUT2D eigenvalue weighted by Gasteiger charge is -2.16. The van der Waals surface area contributed by atoms with Gasteiger partial charge in [0.05, 0.1) is 5.75 Å². The van der Waals surface area contributed by atoms with Gasteiger partial charge in [-0.25, -0.2) is 0 Å². The molecule has 1 aromatic rings. The number of unbranched alkanes of at least 4 members (excludes halogenated alkanes) is 2. The maximum absolute atomic E-state index is 11.9. The van der Waals surface area contributed by atoms with Crippen LogP contribution in [0.5, 0.6) is 0 Å². The van der Waals surface area contributed by atoms with Gasteiger partial charge in [-0.2, -0.15) is 0 Å². The summed E-state index contributed by atoms with van der Waals surface area (Å²) in [7, 11) is 1.84. The highest BCUT2D eigenvalue weighted by molar-refractivity contribution is 9.10. The fourth-order valence-electron chi connectivity index (χ4n) is 1.55. The topological polar surface area (TPSA) is 40.5 Å². The van der Waals surface area contributed by atoms with Gasteiger partial charge in [0.2, 0.25) is 5.91 Å². The zero-order valence-electron chi connectivity index (χ0n) is 11.1. The molecule has 0 aliphatic carbocycles. The average molecular weight is 346 g/mol. The van der Waals surface area contributed by atoms with Crippen molar-refractivity contribution in [3.8, 4) is 0 Å². The van der Waals surface area contributed by atoms with Crippen LogP contribution in [0.25, 0.3) is 0 Å². The molecule has 106 valence electrons. The number of benzene rings is 1. The third-order valence-corrected chi connectivity index (χ3v) is 4.28. The minimum absolute atomic E-state index is 0.150. The number of aliphatic hydroxyl groups excluding tert-OH is 1. The Balaban J connectivity index is 2.24. The molecular formula is C14H20BrNO2S. The van der Waals surface area contributed by atoms with E-state index in [1.54, 1.807) is 16.7 Å². The number of rotatable bonds is 8. The second kappa shape index (κ2) is 9.39. The molecule has 0 radical (unpaired) electrons. The number of thioether (sulfide) groups is 1. The Hall–Kier alpha value is -0.520. The SMILES string of the molecule is CN(CCCCCO)C(=O)CSc1ccc(Br)cc1. The standard InChI is InChI=1S/C14H20BrNO2S/c1-16(9-3-2-4-10-17)14(18)11-19-13-7-5-12(15)6-8-13/h5-8,17H,2-4,9-11H2,1H3. The fourth-order valence-corrected chi connectivity index (χ4v) is 2.65. The van der Waals surface area contributed by atoms with Gasteiger partial charge in [-0.15, -0.1) is 11.8 Å². The molecule has 5 heteroatoms. The molecule has 0 bridgehead atoms. The van der Waals surface area contributed by atoms with Gasteiger partial charge in [0.1, 0.15) is 0 Å². The Morgan fingerprint density at radius 2 is 1.95 bits per heavy atom. The Labute approximate surface area is 127 Å². The average Bonchev–Trinajstić information content (AvgIpc) is 2.42. The third-order valence-electron chi connectivity index (χ3n) is 2.75. The Morgan fingerprint density at radius 3 is 2.58 bits per heavy atom. The second-order valence-corrected chi connectivity index (χ2v) is 6.31. The van der Waals surface area contributed by atoms with Crippen LogP contribution in [0.2, 0.25) is 0 Å². The van der Waals surface area contributed by atoms with E-state index in [9.17, 15) is 4.79 Å². The van der Waals surface area contributed by atoms with Crippen LogP contribution in [0.1, 0.15) is 19.3 Å². The Morgan fingerprint density at radius 1 is 1.26 bits per heavy atom. The van der Waals surface area contributed by atoms with Crippen LogP contribution in [-0.2, 0) is 4.79 Å². The van der Waals surface area contributed by atoms with Crippen molar-refractivity contribution in [2.45, 2.75) is 24.2 Å². The summed E-state index contributed by atoms with van der Waals surface area (Å²) in [6, 6.07) is 7.96. The molecule has 0 unspecified atom stereocenters. The summed E-state index contributed by atoms with van der Waals surface area (Å²) in [5, 5.41) is 8.68. The van der Waals surface area contributed by atoms with Crippen LogP contribution in [0.15, 0.2) is 33.6 Å². The Kier molecular flexibility index (Phi) is 8.18. The van der Waals surface area contributed by atoms with Crippen molar-refractivity contribution in [1.82, 2.24) is 4.90 Å². The number of amides is 1. The molecular weight excluding hydrogens is 326 g/mol. The first-order valence-corrected chi connectivity index (χ1v) is 8.14. The third kappa shape index (κ3) is 6.99. The molecule has 0 spiro atoms. The lowest BCUT2D eigenvalue weighted by molar-refractivity contribution is -0.127. The predicted molar refractivity (Wildman–Crippen MR) is 83.4 cm³/mol.